The van der Waals surface area contributed by atoms with Crippen molar-refractivity contribution in [2.24, 2.45) is 16.3 Å². The lowest BCUT2D eigenvalue weighted by molar-refractivity contribution is -0.132. The summed E-state index contributed by atoms with van der Waals surface area (Å²) >= 11 is 0. The lowest BCUT2D eigenvalue weighted by atomic mass is 9.78. The van der Waals surface area contributed by atoms with Crippen LogP contribution in [-0.4, -0.2) is 49.9 Å². The molecule has 1 rings (SSSR count). The van der Waals surface area contributed by atoms with E-state index in [1.54, 1.807) is 7.11 Å². The SMILES string of the molecule is CCC(COC)NC(=O)C1(C(N)=NO)CCOCC1. The molecule has 1 unspecified atom stereocenters. The van der Waals surface area contributed by atoms with Gasteiger partial charge in [-0.2, -0.15) is 0 Å². The molecule has 1 atom stereocenters. The molecule has 0 aromatic rings. The van der Waals surface area contributed by atoms with Gasteiger partial charge in [0, 0.05) is 20.3 Å². The molecule has 19 heavy (non-hydrogen) atoms. The highest BCUT2D eigenvalue weighted by Gasteiger charge is 2.44. The number of rotatable bonds is 6. The second-order valence-electron chi connectivity index (χ2n) is 4.71. The standard InChI is InChI=1S/C12H23N3O4/c1-3-9(8-18-2)14-11(16)12(10(13)15-17)4-6-19-7-5-12/h9,17H,3-8H2,1-2H3,(H2,13,15)(H,14,16). The second-order valence-corrected chi connectivity index (χ2v) is 4.71. The maximum absolute atomic E-state index is 12.5. The topological polar surface area (TPSA) is 106 Å². The Balaban J connectivity index is 2.83. The first-order valence-electron chi connectivity index (χ1n) is 6.46. The number of methoxy groups -OCH3 is 1. The average Bonchev–Trinajstić information content (AvgIpc) is 2.46. The number of carbonyl (C=O) groups excluding carboxylic acids is 1. The number of hydrogen-bond acceptors (Lipinski definition) is 5. The number of ether oxygens (including phenoxy) is 2. The van der Waals surface area contributed by atoms with Gasteiger partial charge in [0.15, 0.2) is 5.84 Å². The summed E-state index contributed by atoms with van der Waals surface area (Å²) in [6.45, 7) is 3.24. The predicted molar refractivity (Wildman–Crippen MR) is 70.0 cm³/mol. The molecular weight excluding hydrogens is 250 g/mol. The molecule has 1 heterocycles. The van der Waals surface area contributed by atoms with Crippen molar-refractivity contribution < 1.29 is 19.5 Å². The van der Waals surface area contributed by atoms with Crippen molar-refractivity contribution in [2.45, 2.75) is 32.2 Å². The van der Waals surface area contributed by atoms with Gasteiger partial charge in [-0.3, -0.25) is 4.79 Å². The van der Waals surface area contributed by atoms with Crippen molar-refractivity contribution in [1.82, 2.24) is 5.32 Å². The number of nitrogens with zero attached hydrogens (tertiary/aromatic N) is 1. The first kappa shape index (κ1) is 15.7. The lowest BCUT2D eigenvalue weighted by Crippen LogP contribution is -2.55. The highest BCUT2D eigenvalue weighted by molar-refractivity contribution is 6.06. The van der Waals surface area contributed by atoms with E-state index in [0.717, 1.165) is 6.42 Å². The minimum Gasteiger partial charge on any atom is -0.409 e. The minimum atomic E-state index is -0.978. The van der Waals surface area contributed by atoms with Gasteiger partial charge >= 0.3 is 0 Å². The lowest BCUT2D eigenvalue weighted by Gasteiger charge is -2.35. The van der Waals surface area contributed by atoms with Crippen LogP contribution in [0, 0.1) is 5.41 Å². The zero-order valence-corrected chi connectivity index (χ0v) is 11.5. The molecule has 0 aromatic carbocycles. The summed E-state index contributed by atoms with van der Waals surface area (Å²) in [6.07, 6.45) is 1.58. The number of amidine groups is 1. The Morgan fingerprint density at radius 3 is 2.68 bits per heavy atom. The zero-order chi connectivity index (χ0) is 14.3. The van der Waals surface area contributed by atoms with Gasteiger partial charge in [0.1, 0.15) is 5.41 Å². The predicted octanol–water partition coefficient (Wildman–Crippen LogP) is 0.0708. The van der Waals surface area contributed by atoms with Gasteiger partial charge in [-0.1, -0.05) is 12.1 Å². The third-order valence-electron chi connectivity index (χ3n) is 3.57. The fraction of sp³-hybridized carbons (Fsp3) is 0.833. The van der Waals surface area contributed by atoms with Crippen molar-refractivity contribution in [2.75, 3.05) is 26.9 Å². The fourth-order valence-corrected chi connectivity index (χ4v) is 2.20. The van der Waals surface area contributed by atoms with Crippen LogP contribution in [0.15, 0.2) is 5.16 Å². The first-order valence-corrected chi connectivity index (χ1v) is 6.46. The Labute approximate surface area is 113 Å². The molecule has 1 aliphatic heterocycles. The highest BCUT2D eigenvalue weighted by atomic mass is 16.5. The summed E-state index contributed by atoms with van der Waals surface area (Å²) in [7, 11) is 1.59. The van der Waals surface area contributed by atoms with Crippen molar-refractivity contribution in [3.63, 3.8) is 0 Å². The van der Waals surface area contributed by atoms with Gasteiger partial charge < -0.3 is 25.7 Å². The van der Waals surface area contributed by atoms with E-state index in [-0.39, 0.29) is 17.8 Å². The summed E-state index contributed by atoms with van der Waals surface area (Å²) in [5, 5.41) is 14.8. The van der Waals surface area contributed by atoms with Crippen LogP contribution in [0.3, 0.4) is 0 Å². The normalized spacial score (nSPS) is 20.8. The molecule has 1 fully saturated rings. The smallest absolute Gasteiger partial charge is 0.234 e. The number of oxime groups is 1. The third kappa shape index (κ3) is 3.57. The quantitative estimate of drug-likeness (QED) is 0.275. The molecule has 0 aliphatic carbocycles. The van der Waals surface area contributed by atoms with Gasteiger partial charge in [0.05, 0.1) is 12.6 Å². The average molecular weight is 273 g/mol. The number of nitrogens with one attached hydrogen (secondary N) is 1. The highest BCUT2D eigenvalue weighted by Crippen LogP contribution is 2.31. The molecular formula is C12H23N3O4. The molecule has 0 radical (unpaired) electrons. The van der Waals surface area contributed by atoms with Crippen LogP contribution in [0.2, 0.25) is 0 Å². The van der Waals surface area contributed by atoms with E-state index in [2.05, 4.69) is 10.5 Å². The van der Waals surface area contributed by atoms with E-state index in [4.69, 9.17) is 20.4 Å². The van der Waals surface area contributed by atoms with Crippen molar-refractivity contribution in [1.29, 1.82) is 0 Å². The van der Waals surface area contributed by atoms with Crippen LogP contribution in [0.5, 0.6) is 0 Å². The van der Waals surface area contributed by atoms with Gasteiger partial charge in [0.25, 0.3) is 0 Å². The molecule has 1 aliphatic rings. The monoisotopic (exact) mass is 273 g/mol. The van der Waals surface area contributed by atoms with Crippen LogP contribution >= 0.6 is 0 Å². The van der Waals surface area contributed by atoms with E-state index < -0.39 is 5.41 Å². The van der Waals surface area contributed by atoms with Crippen LogP contribution in [0.4, 0.5) is 0 Å². The Kier molecular flexibility index (Phi) is 6.04. The minimum absolute atomic E-state index is 0.0550. The third-order valence-corrected chi connectivity index (χ3v) is 3.57. The molecule has 0 saturated carbocycles. The zero-order valence-electron chi connectivity index (χ0n) is 11.5. The Hall–Kier alpha value is -1.34. The maximum atomic E-state index is 12.5. The van der Waals surface area contributed by atoms with Gasteiger partial charge in [-0.25, -0.2) is 0 Å². The van der Waals surface area contributed by atoms with E-state index in [0.29, 0.717) is 32.7 Å². The largest absolute Gasteiger partial charge is 0.409 e. The molecule has 0 aromatic heterocycles. The molecule has 7 heteroatoms. The first-order chi connectivity index (χ1) is 9.10. The Morgan fingerprint density at radius 1 is 1.58 bits per heavy atom. The summed E-state index contributed by atoms with van der Waals surface area (Å²) < 4.78 is 10.3. The number of carbonyl (C=O) groups is 1. The molecule has 0 spiro atoms. The van der Waals surface area contributed by atoms with Crippen molar-refractivity contribution in [3.05, 3.63) is 0 Å². The van der Waals surface area contributed by atoms with Crippen molar-refractivity contribution in [3.8, 4) is 0 Å². The van der Waals surface area contributed by atoms with E-state index in [1.807, 2.05) is 6.92 Å². The molecule has 1 amide bonds. The number of amides is 1. The maximum Gasteiger partial charge on any atom is 0.234 e. The van der Waals surface area contributed by atoms with Gasteiger partial charge in [-0.15, -0.1) is 0 Å². The van der Waals surface area contributed by atoms with Crippen LogP contribution in [0.25, 0.3) is 0 Å². The summed E-state index contributed by atoms with van der Waals surface area (Å²) in [5.41, 5.74) is 4.75. The molecule has 1 saturated heterocycles. The van der Waals surface area contributed by atoms with Crippen molar-refractivity contribution >= 4 is 11.7 Å². The molecule has 0 bridgehead atoms. The second kappa shape index (κ2) is 7.30. The molecule has 4 N–H and O–H groups in total. The Morgan fingerprint density at radius 2 is 2.21 bits per heavy atom. The van der Waals surface area contributed by atoms with E-state index in [9.17, 15) is 4.79 Å². The Bertz CT molecular complexity index is 327. The van der Waals surface area contributed by atoms with Gasteiger partial charge in [0.2, 0.25) is 5.91 Å². The van der Waals surface area contributed by atoms with Crippen LogP contribution < -0.4 is 11.1 Å². The fourth-order valence-electron chi connectivity index (χ4n) is 2.20. The molecule has 110 valence electrons. The number of nitrogens with two attached hydrogens (primary N) is 1. The summed E-state index contributed by atoms with van der Waals surface area (Å²) in [5.74, 6) is -0.282. The van der Waals surface area contributed by atoms with Crippen LogP contribution in [-0.2, 0) is 14.3 Å². The van der Waals surface area contributed by atoms with E-state index in [1.165, 1.54) is 0 Å². The van der Waals surface area contributed by atoms with E-state index >= 15 is 0 Å². The summed E-state index contributed by atoms with van der Waals surface area (Å²) in [4.78, 5) is 12.5. The summed E-state index contributed by atoms with van der Waals surface area (Å²) in [6, 6.07) is -0.0799. The molecule has 7 nitrogen and oxygen atoms in total. The van der Waals surface area contributed by atoms with Gasteiger partial charge in [-0.05, 0) is 19.3 Å². The van der Waals surface area contributed by atoms with Crippen LogP contribution in [0.1, 0.15) is 26.2 Å². The number of hydrogen-bond donors (Lipinski definition) is 3.